The monoisotopic (exact) mass is 412 g/mol. The first-order valence-corrected chi connectivity index (χ1v) is 9.84. The van der Waals surface area contributed by atoms with Crippen LogP contribution in [0.4, 0.5) is 0 Å². The van der Waals surface area contributed by atoms with Crippen molar-refractivity contribution in [2.45, 2.75) is 13.5 Å². The van der Waals surface area contributed by atoms with Crippen LogP contribution in [0.15, 0.2) is 42.5 Å². The van der Waals surface area contributed by atoms with Crippen LogP contribution in [0.2, 0.25) is 10.0 Å². The number of carbonyl (C=O) groups is 2. The molecule has 0 saturated heterocycles. The first kappa shape index (κ1) is 20.6. The third kappa shape index (κ3) is 6.56. The zero-order valence-corrected chi connectivity index (χ0v) is 16.5. The molecule has 0 atom stereocenters. The summed E-state index contributed by atoms with van der Waals surface area (Å²) in [5.41, 5.74) is 1.47. The van der Waals surface area contributed by atoms with Crippen molar-refractivity contribution in [1.82, 2.24) is 0 Å². The molecule has 2 aromatic rings. The minimum absolute atomic E-state index is 0.0460. The maximum atomic E-state index is 12.1. The number of carbonyl (C=O) groups excluding carboxylic acids is 2. The third-order valence-corrected chi connectivity index (χ3v) is 4.97. The van der Waals surface area contributed by atoms with Crippen molar-refractivity contribution in [2.24, 2.45) is 0 Å². The summed E-state index contributed by atoms with van der Waals surface area (Å²) in [6, 6.07) is 12.2. The molecule has 0 N–H and O–H groups in total. The predicted octanol–water partition coefficient (Wildman–Crippen LogP) is 5.05. The average molecular weight is 413 g/mol. The van der Waals surface area contributed by atoms with Crippen LogP contribution in [0.3, 0.4) is 0 Å². The lowest BCUT2D eigenvalue weighted by Crippen LogP contribution is -2.10. The molecule has 0 fully saturated rings. The van der Waals surface area contributed by atoms with E-state index in [1.54, 1.807) is 43.3 Å². The number of rotatable bonds is 9. The molecule has 2 aromatic carbocycles. The Hall–Kier alpha value is -1.69. The fraction of sp³-hybridized carbons (Fsp3) is 0.263. The molecular weight excluding hydrogens is 395 g/mol. The Labute approximate surface area is 166 Å². The molecule has 0 aliphatic heterocycles. The number of ketones is 1. The molecule has 0 aromatic heterocycles. The number of halogens is 2. The zero-order chi connectivity index (χ0) is 18.9. The van der Waals surface area contributed by atoms with Crippen molar-refractivity contribution in [3.05, 3.63) is 63.6 Å². The van der Waals surface area contributed by atoms with Crippen LogP contribution in [0.25, 0.3) is 0 Å². The number of hydrogen-bond acceptors (Lipinski definition) is 5. The Morgan fingerprint density at radius 1 is 1.00 bits per heavy atom. The molecule has 26 heavy (non-hydrogen) atoms. The molecule has 0 unspecified atom stereocenters. The number of Topliss-reactive ketones (excluding diaryl/α,β-unsaturated/α-hetero) is 1. The van der Waals surface area contributed by atoms with Crippen LogP contribution >= 0.6 is 35.0 Å². The molecule has 0 aliphatic carbocycles. The predicted molar refractivity (Wildman–Crippen MR) is 106 cm³/mol. The summed E-state index contributed by atoms with van der Waals surface area (Å²) in [6.45, 7) is 2.44. The van der Waals surface area contributed by atoms with E-state index in [9.17, 15) is 9.59 Å². The maximum Gasteiger partial charge on any atom is 0.315 e. The largest absolute Gasteiger partial charge is 0.489 e. The Morgan fingerprint density at radius 2 is 1.73 bits per heavy atom. The zero-order valence-electron chi connectivity index (χ0n) is 14.2. The normalized spacial score (nSPS) is 10.4. The lowest BCUT2D eigenvalue weighted by molar-refractivity contribution is -0.139. The molecule has 0 heterocycles. The first-order valence-electron chi connectivity index (χ1n) is 7.93. The number of hydrogen-bond donors (Lipinski definition) is 0. The van der Waals surface area contributed by atoms with Crippen molar-refractivity contribution in [1.29, 1.82) is 0 Å². The van der Waals surface area contributed by atoms with E-state index in [1.165, 1.54) is 11.8 Å². The lowest BCUT2D eigenvalue weighted by Gasteiger charge is -2.08. The van der Waals surface area contributed by atoms with Crippen LogP contribution < -0.4 is 4.74 Å². The summed E-state index contributed by atoms with van der Waals surface area (Å²) in [4.78, 5) is 23.4. The number of esters is 1. The van der Waals surface area contributed by atoms with E-state index < -0.39 is 0 Å². The van der Waals surface area contributed by atoms with Gasteiger partial charge in [0, 0.05) is 5.56 Å². The van der Waals surface area contributed by atoms with Crippen LogP contribution in [-0.4, -0.2) is 29.9 Å². The van der Waals surface area contributed by atoms with Crippen molar-refractivity contribution in [3.63, 3.8) is 0 Å². The van der Waals surface area contributed by atoms with E-state index in [0.717, 1.165) is 5.56 Å². The molecular formula is C19H18Cl2O4S. The van der Waals surface area contributed by atoms with E-state index in [2.05, 4.69) is 0 Å². The Kier molecular flexibility index (Phi) is 8.29. The minimum Gasteiger partial charge on any atom is -0.489 e. The van der Waals surface area contributed by atoms with Crippen LogP contribution in [0.5, 0.6) is 5.75 Å². The van der Waals surface area contributed by atoms with Gasteiger partial charge in [0.2, 0.25) is 0 Å². The van der Waals surface area contributed by atoms with Gasteiger partial charge in [-0.2, -0.15) is 0 Å². The van der Waals surface area contributed by atoms with Gasteiger partial charge in [-0.1, -0.05) is 29.3 Å². The molecule has 0 radical (unpaired) electrons. The average Bonchev–Trinajstić information content (AvgIpc) is 2.63. The standard InChI is InChI=1S/C19H18Cl2O4S/c1-2-24-19(23)12-26-11-18(22)14-4-6-15(7-5-14)25-10-13-3-8-16(20)17(21)9-13/h3-9H,2,10-12H2,1H3. The van der Waals surface area contributed by atoms with Gasteiger partial charge in [0.05, 0.1) is 28.2 Å². The van der Waals surface area contributed by atoms with E-state index in [1.807, 2.05) is 6.07 Å². The maximum absolute atomic E-state index is 12.1. The van der Waals surface area contributed by atoms with Crippen LogP contribution in [0.1, 0.15) is 22.8 Å². The summed E-state index contributed by atoms with van der Waals surface area (Å²) in [7, 11) is 0. The highest BCUT2D eigenvalue weighted by atomic mass is 35.5. The second-order valence-corrected chi connectivity index (χ2v) is 7.08. The fourth-order valence-corrected chi connectivity index (χ4v) is 3.07. The highest BCUT2D eigenvalue weighted by Gasteiger charge is 2.09. The van der Waals surface area contributed by atoms with Gasteiger partial charge < -0.3 is 9.47 Å². The number of thioether (sulfide) groups is 1. The summed E-state index contributed by atoms with van der Waals surface area (Å²) in [6.07, 6.45) is 0. The highest BCUT2D eigenvalue weighted by Crippen LogP contribution is 2.23. The van der Waals surface area contributed by atoms with Gasteiger partial charge in [0.1, 0.15) is 12.4 Å². The smallest absolute Gasteiger partial charge is 0.315 e. The second-order valence-electron chi connectivity index (χ2n) is 5.28. The van der Waals surface area contributed by atoms with Crippen molar-refractivity contribution in [2.75, 3.05) is 18.1 Å². The summed E-state index contributed by atoms with van der Waals surface area (Å²) >= 11 is 13.1. The van der Waals surface area contributed by atoms with Crippen molar-refractivity contribution in [3.8, 4) is 5.75 Å². The molecule has 0 spiro atoms. The molecule has 138 valence electrons. The van der Waals surface area contributed by atoms with Crippen molar-refractivity contribution >= 4 is 46.7 Å². The van der Waals surface area contributed by atoms with E-state index in [4.69, 9.17) is 32.7 Å². The van der Waals surface area contributed by atoms with Gasteiger partial charge in [0.15, 0.2) is 5.78 Å². The third-order valence-electron chi connectivity index (χ3n) is 3.32. The molecule has 0 amide bonds. The van der Waals surface area contributed by atoms with Gasteiger partial charge in [0.25, 0.3) is 0 Å². The Bertz CT molecular complexity index is 763. The van der Waals surface area contributed by atoms with Gasteiger partial charge in [-0.3, -0.25) is 9.59 Å². The summed E-state index contributed by atoms with van der Waals surface area (Å²) in [5.74, 6) is 0.686. The van der Waals surface area contributed by atoms with Gasteiger partial charge in [-0.15, -0.1) is 11.8 Å². The lowest BCUT2D eigenvalue weighted by atomic mass is 10.1. The SMILES string of the molecule is CCOC(=O)CSCC(=O)c1ccc(OCc2ccc(Cl)c(Cl)c2)cc1. The Morgan fingerprint density at radius 3 is 2.38 bits per heavy atom. The minimum atomic E-state index is -0.309. The molecule has 0 aliphatic rings. The Balaban J connectivity index is 1.82. The quantitative estimate of drug-likeness (QED) is 0.425. The molecule has 0 bridgehead atoms. The molecule has 2 rings (SSSR count). The van der Waals surface area contributed by atoms with Gasteiger partial charge in [-0.25, -0.2) is 0 Å². The second kappa shape index (κ2) is 10.5. The molecule has 4 nitrogen and oxygen atoms in total. The highest BCUT2D eigenvalue weighted by molar-refractivity contribution is 8.00. The van der Waals surface area contributed by atoms with Crippen molar-refractivity contribution < 1.29 is 19.1 Å². The summed E-state index contributed by atoms with van der Waals surface area (Å²) in [5, 5.41) is 0.980. The van der Waals surface area contributed by atoms with Crippen LogP contribution in [-0.2, 0) is 16.1 Å². The van der Waals surface area contributed by atoms with E-state index >= 15 is 0 Å². The topological polar surface area (TPSA) is 52.6 Å². The fourth-order valence-electron chi connectivity index (χ4n) is 2.05. The number of benzene rings is 2. The molecule has 0 saturated carbocycles. The van der Waals surface area contributed by atoms with Crippen LogP contribution in [0, 0.1) is 0 Å². The van der Waals surface area contributed by atoms with Gasteiger partial charge in [-0.05, 0) is 48.9 Å². The van der Waals surface area contributed by atoms with E-state index in [-0.39, 0.29) is 23.3 Å². The summed E-state index contributed by atoms with van der Waals surface area (Å²) < 4.78 is 10.5. The van der Waals surface area contributed by atoms with Gasteiger partial charge >= 0.3 is 5.97 Å². The number of ether oxygens (including phenoxy) is 2. The first-order chi connectivity index (χ1) is 12.5. The van der Waals surface area contributed by atoms with E-state index in [0.29, 0.717) is 34.6 Å². The molecule has 7 heteroatoms.